The van der Waals surface area contributed by atoms with Gasteiger partial charge in [-0.2, -0.15) is 0 Å². The Morgan fingerprint density at radius 2 is 2.39 bits per heavy atom. The van der Waals surface area contributed by atoms with Gasteiger partial charge in [0.1, 0.15) is 5.82 Å². The molecule has 1 aromatic rings. The Balaban J connectivity index is 2.02. The van der Waals surface area contributed by atoms with Crippen molar-refractivity contribution in [3.8, 4) is 0 Å². The molecule has 0 spiro atoms. The summed E-state index contributed by atoms with van der Waals surface area (Å²) in [6.45, 7) is 3.06. The number of nitrogen functional groups attached to an aromatic ring is 1. The van der Waals surface area contributed by atoms with Crippen LogP contribution in [0.15, 0.2) is 12.3 Å². The Kier molecular flexibility index (Phi) is 3.69. The second-order valence-electron chi connectivity index (χ2n) is 5.13. The number of nitrogens with two attached hydrogens (primary N) is 1. The number of carboxylic acid groups (broad SMARTS) is 1. The average molecular weight is 249 g/mol. The molecular weight excluding hydrogens is 230 g/mol. The molecule has 1 fully saturated rings. The third-order valence-electron chi connectivity index (χ3n) is 3.54. The van der Waals surface area contributed by atoms with Crippen molar-refractivity contribution in [2.24, 2.45) is 11.8 Å². The van der Waals surface area contributed by atoms with E-state index in [-0.39, 0.29) is 11.4 Å². The molecule has 0 saturated heterocycles. The molecule has 1 aliphatic rings. The van der Waals surface area contributed by atoms with E-state index in [0.29, 0.717) is 11.6 Å². The minimum atomic E-state index is -0.980. The molecule has 2 atom stereocenters. The van der Waals surface area contributed by atoms with Gasteiger partial charge in [0.05, 0.1) is 17.4 Å². The lowest BCUT2D eigenvalue weighted by molar-refractivity contribution is 0.0698. The van der Waals surface area contributed by atoms with Crippen LogP contribution in [0.3, 0.4) is 0 Å². The Morgan fingerprint density at radius 3 is 3.00 bits per heavy atom. The van der Waals surface area contributed by atoms with Gasteiger partial charge in [-0.25, -0.2) is 9.78 Å². The zero-order valence-corrected chi connectivity index (χ0v) is 10.5. The lowest BCUT2D eigenvalue weighted by atomic mass is 10.1. The van der Waals surface area contributed by atoms with Crippen LogP contribution in [0.2, 0.25) is 0 Å². The van der Waals surface area contributed by atoms with Crippen molar-refractivity contribution in [1.82, 2.24) is 4.98 Å². The third kappa shape index (κ3) is 2.91. The highest BCUT2D eigenvalue weighted by molar-refractivity contribution is 5.94. The summed E-state index contributed by atoms with van der Waals surface area (Å²) in [6.07, 6.45) is 5.17. The molecule has 0 bridgehead atoms. The van der Waals surface area contributed by atoms with Crippen molar-refractivity contribution in [2.75, 3.05) is 17.6 Å². The molecule has 0 amide bonds. The minimum absolute atomic E-state index is 0.188. The summed E-state index contributed by atoms with van der Waals surface area (Å²) in [5.41, 5.74) is 6.24. The van der Waals surface area contributed by atoms with Crippen LogP contribution in [0.25, 0.3) is 0 Å². The van der Waals surface area contributed by atoms with Crippen molar-refractivity contribution in [3.05, 3.63) is 17.8 Å². The fourth-order valence-electron chi connectivity index (χ4n) is 2.55. The van der Waals surface area contributed by atoms with E-state index < -0.39 is 5.97 Å². The van der Waals surface area contributed by atoms with Crippen LogP contribution in [-0.4, -0.2) is 22.6 Å². The first-order valence-electron chi connectivity index (χ1n) is 6.29. The van der Waals surface area contributed by atoms with Crippen LogP contribution in [-0.2, 0) is 0 Å². The molecule has 1 aliphatic carbocycles. The van der Waals surface area contributed by atoms with Gasteiger partial charge >= 0.3 is 5.97 Å². The summed E-state index contributed by atoms with van der Waals surface area (Å²) in [5, 5.41) is 12.3. The van der Waals surface area contributed by atoms with Crippen LogP contribution in [0.1, 0.15) is 36.5 Å². The summed E-state index contributed by atoms with van der Waals surface area (Å²) in [7, 11) is 0. The van der Waals surface area contributed by atoms with Gasteiger partial charge in [-0.15, -0.1) is 0 Å². The molecule has 18 heavy (non-hydrogen) atoms. The Bertz CT molecular complexity index is 448. The predicted molar refractivity (Wildman–Crippen MR) is 70.6 cm³/mol. The molecule has 1 saturated carbocycles. The molecule has 1 heterocycles. The fourth-order valence-corrected chi connectivity index (χ4v) is 2.55. The molecule has 1 aromatic heterocycles. The largest absolute Gasteiger partial charge is 0.478 e. The quantitative estimate of drug-likeness (QED) is 0.761. The molecule has 0 radical (unpaired) electrons. The summed E-state index contributed by atoms with van der Waals surface area (Å²) < 4.78 is 0. The third-order valence-corrected chi connectivity index (χ3v) is 3.54. The van der Waals surface area contributed by atoms with E-state index in [1.807, 2.05) is 0 Å². The SMILES string of the molecule is CC1CCC(CNc2cnc(N)cc2C(=O)O)C1. The van der Waals surface area contributed by atoms with E-state index in [0.717, 1.165) is 12.5 Å². The van der Waals surface area contributed by atoms with E-state index in [1.54, 1.807) is 0 Å². The maximum absolute atomic E-state index is 11.1. The van der Waals surface area contributed by atoms with Gasteiger partial charge in [-0.1, -0.05) is 13.3 Å². The van der Waals surface area contributed by atoms with Gasteiger partial charge in [0.15, 0.2) is 0 Å². The van der Waals surface area contributed by atoms with Crippen LogP contribution in [0.4, 0.5) is 11.5 Å². The minimum Gasteiger partial charge on any atom is -0.478 e. The number of hydrogen-bond donors (Lipinski definition) is 3. The Morgan fingerprint density at radius 1 is 1.61 bits per heavy atom. The molecule has 2 rings (SSSR count). The smallest absolute Gasteiger partial charge is 0.337 e. The number of hydrogen-bond acceptors (Lipinski definition) is 4. The van der Waals surface area contributed by atoms with E-state index >= 15 is 0 Å². The monoisotopic (exact) mass is 249 g/mol. The molecule has 98 valence electrons. The van der Waals surface area contributed by atoms with Gasteiger partial charge in [0, 0.05) is 6.54 Å². The topological polar surface area (TPSA) is 88.2 Å². The van der Waals surface area contributed by atoms with E-state index in [9.17, 15) is 4.79 Å². The average Bonchev–Trinajstić information content (AvgIpc) is 2.73. The number of rotatable bonds is 4. The highest BCUT2D eigenvalue weighted by atomic mass is 16.4. The van der Waals surface area contributed by atoms with Gasteiger partial charge in [-0.3, -0.25) is 0 Å². The number of nitrogens with one attached hydrogen (secondary N) is 1. The van der Waals surface area contributed by atoms with Crippen LogP contribution in [0.5, 0.6) is 0 Å². The molecule has 0 aromatic carbocycles. The molecule has 5 heteroatoms. The van der Waals surface area contributed by atoms with Crippen molar-refractivity contribution in [2.45, 2.75) is 26.2 Å². The second-order valence-corrected chi connectivity index (χ2v) is 5.13. The first-order chi connectivity index (χ1) is 8.56. The van der Waals surface area contributed by atoms with E-state index in [2.05, 4.69) is 17.2 Å². The number of anilines is 2. The molecule has 0 aliphatic heterocycles. The molecular formula is C13H19N3O2. The summed E-state index contributed by atoms with van der Waals surface area (Å²) >= 11 is 0. The van der Waals surface area contributed by atoms with Gasteiger partial charge in [0.25, 0.3) is 0 Å². The van der Waals surface area contributed by atoms with Crippen LogP contribution >= 0.6 is 0 Å². The van der Waals surface area contributed by atoms with Crippen LogP contribution in [0, 0.1) is 11.8 Å². The first kappa shape index (κ1) is 12.7. The van der Waals surface area contributed by atoms with Crippen molar-refractivity contribution in [3.63, 3.8) is 0 Å². The summed E-state index contributed by atoms with van der Waals surface area (Å²) in [5.74, 6) is 0.651. The zero-order chi connectivity index (χ0) is 13.1. The lowest BCUT2D eigenvalue weighted by Crippen LogP contribution is -2.14. The first-order valence-corrected chi connectivity index (χ1v) is 6.29. The number of nitrogens with zero attached hydrogens (tertiary/aromatic N) is 1. The summed E-state index contributed by atoms with van der Waals surface area (Å²) in [6, 6.07) is 1.39. The van der Waals surface area contributed by atoms with E-state index in [4.69, 9.17) is 10.8 Å². The number of carbonyl (C=O) groups is 1. The number of aromatic carboxylic acids is 1. The highest BCUT2D eigenvalue weighted by Gasteiger charge is 2.21. The maximum atomic E-state index is 11.1. The molecule has 5 nitrogen and oxygen atoms in total. The van der Waals surface area contributed by atoms with Gasteiger partial charge in [0.2, 0.25) is 0 Å². The molecule has 2 unspecified atom stereocenters. The number of aromatic nitrogens is 1. The van der Waals surface area contributed by atoms with Gasteiger partial charge < -0.3 is 16.2 Å². The standard InChI is InChI=1S/C13H19N3O2/c1-8-2-3-9(4-8)6-15-11-7-16-12(14)5-10(11)13(17)18/h5,7-9,15H,2-4,6H2,1H3,(H2,14,16)(H,17,18). The maximum Gasteiger partial charge on any atom is 0.337 e. The van der Waals surface area contributed by atoms with Crippen molar-refractivity contribution >= 4 is 17.5 Å². The fraction of sp³-hybridized carbons (Fsp3) is 0.538. The van der Waals surface area contributed by atoms with Crippen LogP contribution < -0.4 is 11.1 Å². The Hall–Kier alpha value is -1.78. The predicted octanol–water partition coefficient (Wildman–Crippen LogP) is 2.21. The highest BCUT2D eigenvalue weighted by Crippen LogP contribution is 2.30. The Labute approximate surface area is 106 Å². The van der Waals surface area contributed by atoms with Gasteiger partial charge in [-0.05, 0) is 30.7 Å². The van der Waals surface area contributed by atoms with E-state index in [1.165, 1.54) is 31.5 Å². The zero-order valence-electron chi connectivity index (χ0n) is 10.5. The molecule has 4 N–H and O–H groups in total. The number of carboxylic acids is 1. The summed E-state index contributed by atoms with van der Waals surface area (Å²) in [4.78, 5) is 15.0. The lowest BCUT2D eigenvalue weighted by Gasteiger charge is -2.14. The number of pyridine rings is 1. The normalized spacial score (nSPS) is 22.9. The van der Waals surface area contributed by atoms with Crippen molar-refractivity contribution < 1.29 is 9.90 Å². The van der Waals surface area contributed by atoms with Crippen molar-refractivity contribution in [1.29, 1.82) is 0 Å². The second kappa shape index (κ2) is 5.25.